The van der Waals surface area contributed by atoms with Gasteiger partial charge < -0.3 is 5.21 Å². The van der Waals surface area contributed by atoms with Crippen molar-refractivity contribution in [2.75, 3.05) is 0 Å². The van der Waals surface area contributed by atoms with Gasteiger partial charge in [0.05, 0.1) is 5.71 Å². The number of allylic oxidation sites excluding steroid dienone is 6. The predicted octanol–water partition coefficient (Wildman–Crippen LogP) is 4.09. The van der Waals surface area contributed by atoms with Crippen molar-refractivity contribution in [2.24, 2.45) is 5.16 Å². The molecule has 2 heteroatoms. The molecule has 1 N–H and O–H groups in total. The lowest BCUT2D eigenvalue weighted by atomic mass is 10.1. The number of nitrogens with zero attached hydrogens (tertiary/aromatic N) is 1. The summed E-state index contributed by atoms with van der Waals surface area (Å²) in [5.74, 6) is 0. The van der Waals surface area contributed by atoms with Gasteiger partial charge >= 0.3 is 0 Å². The van der Waals surface area contributed by atoms with Crippen molar-refractivity contribution in [1.29, 1.82) is 0 Å². The van der Waals surface area contributed by atoms with E-state index in [1.165, 1.54) is 12.8 Å². The van der Waals surface area contributed by atoms with E-state index in [-0.39, 0.29) is 0 Å². The number of oxime groups is 1. The van der Waals surface area contributed by atoms with Crippen LogP contribution < -0.4 is 0 Å². The maximum atomic E-state index is 8.73. The van der Waals surface area contributed by atoms with Gasteiger partial charge in [0.1, 0.15) is 0 Å². The predicted molar refractivity (Wildman–Crippen MR) is 66.5 cm³/mol. The van der Waals surface area contributed by atoms with Crippen LogP contribution in [0.3, 0.4) is 0 Å². The first-order valence-electron chi connectivity index (χ1n) is 5.52. The summed E-state index contributed by atoms with van der Waals surface area (Å²) in [6.07, 6.45) is 15.8. The third kappa shape index (κ3) is 9.01. The lowest BCUT2D eigenvalue weighted by molar-refractivity contribution is 0.318. The monoisotopic (exact) mass is 207 g/mol. The van der Waals surface area contributed by atoms with Crippen molar-refractivity contribution in [3.63, 3.8) is 0 Å². The van der Waals surface area contributed by atoms with Gasteiger partial charge in [-0.05, 0) is 25.8 Å². The molecule has 15 heavy (non-hydrogen) atoms. The molecule has 0 fully saturated rings. The van der Waals surface area contributed by atoms with Crippen LogP contribution in [-0.4, -0.2) is 10.9 Å². The fourth-order valence-electron chi connectivity index (χ4n) is 1.13. The maximum absolute atomic E-state index is 8.73. The molecule has 0 bridgehead atoms. The van der Waals surface area contributed by atoms with Gasteiger partial charge in [0, 0.05) is 0 Å². The van der Waals surface area contributed by atoms with Crippen LogP contribution in [-0.2, 0) is 0 Å². The number of rotatable bonds is 7. The normalized spacial score (nSPS) is 13.6. The second kappa shape index (κ2) is 10.8. The van der Waals surface area contributed by atoms with Gasteiger partial charge in [0.2, 0.25) is 0 Å². The molecule has 0 aromatic carbocycles. The molecule has 0 aliphatic rings. The summed E-state index contributed by atoms with van der Waals surface area (Å²) in [5.41, 5.74) is 0.744. The Bertz CT molecular complexity index is 249. The van der Waals surface area contributed by atoms with Crippen molar-refractivity contribution < 1.29 is 5.21 Å². The second-order valence-corrected chi connectivity index (χ2v) is 3.32. The van der Waals surface area contributed by atoms with E-state index in [2.05, 4.69) is 12.1 Å². The Labute approximate surface area is 92.7 Å². The average Bonchev–Trinajstić information content (AvgIpc) is 2.26. The molecule has 0 unspecified atom stereocenters. The minimum absolute atomic E-state index is 0.744. The first kappa shape index (κ1) is 13.7. The molecule has 0 radical (unpaired) electrons. The Morgan fingerprint density at radius 1 is 1.13 bits per heavy atom. The molecular formula is C13H21NO. The Morgan fingerprint density at radius 2 is 1.87 bits per heavy atom. The average molecular weight is 207 g/mol. The van der Waals surface area contributed by atoms with E-state index >= 15 is 0 Å². The van der Waals surface area contributed by atoms with Gasteiger partial charge in [0.25, 0.3) is 0 Å². The van der Waals surface area contributed by atoms with Gasteiger partial charge in [-0.1, -0.05) is 55.3 Å². The molecule has 0 spiro atoms. The fourth-order valence-corrected chi connectivity index (χ4v) is 1.13. The summed E-state index contributed by atoms with van der Waals surface area (Å²) >= 11 is 0. The van der Waals surface area contributed by atoms with E-state index in [4.69, 9.17) is 5.21 Å². The van der Waals surface area contributed by atoms with Crippen LogP contribution in [0.4, 0.5) is 0 Å². The zero-order valence-electron chi connectivity index (χ0n) is 9.69. The zero-order chi connectivity index (χ0) is 11.4. The Kier molecular flexibility index (Phi) is 9.83. The highest BCUT2D eigenvalue weighted by molar-refractivity contribution is 5.94. The van der Waals surface area contributed by atoms with E-state index in [0.717, 1.165) is 18.6 Å². The largest absolute Gasteiger partial charge is 0.411 e. The van der Waals surface area contributed by atoms with Crippen LogP contribution in [0.5, 0.6) is 0 Å². The van der Waals surface area contributed by atoms with Crippen molar-refractivity contribution in [1.82, 2.24) is 0 Å². The van der Waals surface area contributed by atoms with Crippen LogP contribution in [0.25, 0.3) is 0 Å². The van der Waals surface area contributed by atoms with Crippen LogP contribution in [0.2, 0.25) is 0 Å². The molecule has 0 amide bonds. The highest BCUT2D eigenvalue weighted by atomic mass is 16.4. The molecule has 0 saturated heterocycles. The van der Waals surface area contributed by atoms with Crippen molar-refractivity contribution in [3.05, 3.63) is 36.5 Å². The first-order chi connectivity index (χ1) is 7.35. The smallest absolute Gasteiger partial charge is 0.0795 e. The number of hydrogen-bond acceptors (Lipinski definition) is 2. The number of unbranched alkanes of at least 4 members (excludes halogenated alkanes) is 2. The lowest BCUT2D eigenvalue weighted by Gasteiger charge is -1.96. The summed E-state index contributed by atoms with van der Waals surface area (Å²) in [6.45, 7) is 4.13. The number of hydrogen-bond donors (Lipinski definition) is 1. The van der Waals surface area contributed by atoms with Crippen molar-refractivity contribution >= 4 is 5.71 Å². The fraction of sp³-hybridized carbons (Fsp3) is 0.462. The maximum Gasteiger partial charge on any atom is 0.0795 e. The van der Waals surface area contributed by atoms with E-state index in [1.807, 2.05) is 43.4 Å². The third-order valence-corrected chi connectivity index (χ3v) is 1.98. The van der Waals surface area contributed by atoms with Crippen molar-refractivity contribution in [3.8, 4) is 0 Å². The first-order valence-corrected chi connectivity index (χ1v) is 5.52. The quantitative estimate of drug-likeness (QED) is 0.220. The highest BCUT2D eigenvalue weighted by Gasteiger charge is 1.93. The van der Waals surface area contributed by atoms with Crippen LogP contribution in [0, 0.1) is 0 Å². The second-order valence-electron chi connectivity index (χ2n) is 3.32. The zero-order valence-corrected chi connectivity index (χ0v) is 9.69. The van der Waals surface area contributed by atoms with E-state index in [9.17, 15) is 0 Å². The standard InChI is InChI=1S/C13H21NO/c1-3-5-7-8-10-12-13(14-15)11-9-6-4-2/h3,5,7-8,10,12,15H,4,6,9,11H2,1-2H3. The summed E-state index contributed by atoms with van der Waals surface area (Å²) < 4.78 is 0. The molecule has 0 atom stereocenters. The van der Waals surface area contributed by atoms with Crippen LogP contribution in [0.15, 0.2) is 41.6 Å². The summed E-state index contributed by atoms with van der Waals surface area (Å²) in [5, 5.41) is 12.0. The van der Waals surface area contributed by atoms with E-state index < -0.39 is 0 Å². The van der Waals surface area contributed by atoms with Gasteiger partial charge in [-0.3, -0.25) is 0 Å². The molecule has 84 valence electrons. The topological polar surface area (TPSA) is 32.6 Å². The van der Waals surface area contributed by atoms with Gasteiger partial charge in [-0.2, -0.15) is 0 Å². The molecule has 0 aliphatic heterocycles. The van der Waals surface area contributed by atoms with Gasteiger partial charge in [-0.25, -0.2) is 0 Å². The van der Waals surface area contributed by atoms with E-state index in [1.54, 1.807) is 0 Å². The molecule has 0 aliphatic carbocycles. The Morgan fingerprint density at radius 3 is 2.47 bits per heavy atom. The molecule has 0 aromatic heterocycles. The molecule has 0 rings (SSSR count). The molecule has 0 saturated carbocycles. The van der Waals surface area contributed by atoms with E-state index in [0.29, 0.717) is 0 Å². The van der Waals surface area contributed by atoms with Crippen molar-refractivity contribution in [2.45, 2.75) is 39.5 Å². The summed E-state index contributed by atoms with van der Waals surface area (Å²) in [6, 6.07) is 0. The minimum atomic E-state index is 0.744. The Hall–Kier alpha value is -1.31. The Balaban J connectivity index is 3.89. The SMILES string of the molecule is CC=CC=CC=CC(CCCCC)=NO. The highest BCUT2D eigenvalue weighted by Crippen LogP contribution is 2.01. The molecule has 2 nitrogen and oxygen atoms in total. The lowest BCUT2D eigenvalue weighted by Crippen LogP contribution is -1.93. The van der Waals surface area contributed by atoms with Crippen LogP contribution >= 0.6 is 0 Å². The minimum Gasteiger partial charge on any atom is -0.411 e. The summed E-state index contributed by atoms with van der Waals surface area (Å²) in [7, 11) is 0. The van der Waals surface area contributed by atoms with Gasteiger partial charge in [0.15, 0.2) is 0 Å². The van der Waals surface area contributed by atoms with Crippen LogP contribution in [0.1, 0.15) is 39.5 Å². The molecule has 0 aromatic rings. The van der Waals surface area contributed by atoms with Gasteiger partial charge in [-0.15, -0.1) is 0 Å². The third-order valence-electron chi connectivity index (χ3n) is 1.98. The summed E-state index contributed by atoms with van der Waals surface area (Å²) in [4.78, 5) is 0. The molecule has 0 heterocycles. The molecular weight excluding hydrogens is 186 g/mol.